The third-order valence-electron chi connectivity index (χ3n) is 4.92. The molecule has 1 aliphatic heterocycles. The van der Waals surface area contributed by atoms with Crippen LogP contribution in [0.1, 0.15) is 24.0 Å². The summed E-state index contributed by atoms with van der Waals surface area (Å²) in [6, 6.07) is 9.84. The maximum absolute atomic E-state index is 13.0. The first-order valence-electron chi connectivity index (χ1n) is 8.24. The van der Waals surface area contributed by atoms with Crippen molar-refractivity contribution in [3.05, 3.63) is 53.9 Å². The lowest BCUT2D eigenvalue weighted by molar-refractivity contribution is -0.132. The van der Waals surface area contributed by atoms with Crippen LogP contribution in [0.2, 0.25) is 0 Å². The second kappa shape index (κ2) is 5.82. The van der Waals surface area contributed by atoms with Gasteiger partial charge in [0.05, 0.1) is 5.41 Å². The maximum atomic E-state index is 13.0. The van der Waals surface area contributed by atoms with E-state index < -0.39 is 0 Å². The molecule has 0 radical (unpaired) electrons. The Hall–Kier alpha value is -2.56. The normalized spacial score (nSPS) is 16.7. The predicted molar refractivity (Wildman–Crippen MR) is 89.1 cm³/mol. The van der Waals surface area contributed by atoms with Gasteiger partial charge in [0, 0.05) is 26.0 Å². The van der Waals surface area contributed by atoms with E-state index in [9.17, 15) is 4.79 Å². The fourth-order valence-corrected chi connectivity index (χ4v) is 3.26. The van der Waals surface area contributed by atoms with Crippen molar-refractivity contribution < 1.29 is 14.3 Å². The lowest BCUT2D eigenvalue weighted by atomic mass is 9.94. The van der Waals surface area contributed by atoms with Gasteiger partial charge in [-0.1, -0.05) is 6.07 Å². The lowest BCUT2D eigenvalue weighted by Gasteiger charge is -2.24. The first-order chi connectivity index (χ1) is 11.7. The fourth-order valence-electron chi connectivity index (χ4n) is 3.26. The monoisotopic (exact) mass is 324 g/mol. The molecule has 1 aliphatic carbocycles. The number of pyridine rings is 1. The molecule has 0 atom stereocenters. The minimum absolute atomic E-state index is 0.190. The first kappa shape index (κ1) is 15.0. The van der Waals surface area contributed by atoms with E-state index in [1.54, 1.807) is 12.4 Å². The number of fused-ring (bicyclic) bond motifs is 1. The molecule has 1 amide bonds. The third-order valence-corrected chi connectivity index (χ3v) is 4.92. The zero-order chi connectivity index (χ0) is 16.6. The molecule has 1 saturated carbocycles. The van der Waals surface area contributed by atoms with Crippen LogP contribution in [0, 0.1) is 0 Å². The zero-order valence-corrected chi connectivity index (χ0v) is 13.7. The quantitative estimate of drug-likeness (QED) is 0.848. The van der Waals surface area contributed by atoms with Gasteiger partial charge >= 0.3 is 0 Å². The van der Waals surface area contributed by atoms with E-state index in [-0.39, 0.29) is 18.1 Å². The summed E-state index contributed by atoms with van der Waals surface area (Å²) in [4.78, 5) is 18.9. The van der Waals surface area contributed by atoms with Crippen molar-refractivity contribution in [3.8, 4) is 11.5 Å². The molecule has 5 heteroatoms. The van der Waals surface area contributed by atoms with Gasteiger partial charge in [-0.15, -0.1) is 0 Å². The summed E-state index contributed by atoms with van der Waals surface area (Å²) in [6.45, 7) is 0.959. The summed E-state index contributed by atoms with van der Waals surface area (Å²) in [6.07, 6.45) is 6.19. The minimum atomic E-state index is -0.381. The lowest BCUT2D eigenvalue weighted by Crippen LogP contribution is -2.37. The number of carbonyl (C=O) groups excluding carboxylic acids is 1. The van der Waals surface area contributed by atoms with Crippen LogP contribution in [0.3, 0.4) is 0 Å². The van der Waals surface area contributed by atoms with Crippen LogP contribution in [0.25, 0.3) is 0 Å². The SMILES string of the molecule is CN(CCc1ccncc1)C(=O)C1(c2ccc3c(c2)OCO3)CC1. The number of likely N-dealkylation sites (N-methyl/N-ethyl adjacent to an activating group) is 1. The van der Waals surface area contributed by atoms with Gasteiger partial charge in [-0.05, 0) is 54.7 Å². The van der Waals surface area contributed by atoms with E-state index >= 15 is 0 Å². The summed E-state index contributed by atoms with van der Waals surface area (Å²) in [5, 5.41) is 0. The summed E-state index contributed by atoms with van der Waals surface area (Å²) < 4.78 is 10.8. The van der Waals surface area contributed by atoms with Crippen LogP contribution in [-0.2, 0) is 16.6 Å². The number of hydrogen-bond acceptors (Lipinski definition) is 4. The molecule has 5 nitrogen and oxygen atoms in total. The van der Waals surface area contributed by atoms with Gasteiger partial charge in [0.1, 0.15) is 0 Å². The Morgan fingerprint density at radius 2 is 1.92 bits per heavy atom. The molecule has 2 heterocycles. The maximum Gasteiger partial charge on any atom is 0.232 e. The van der Waals surface area contributed by atoms with Crippen molar-refractivity contribution >= 4 is 5.91 Å². The molecule has 0 saturated heterocycles. The molecule has 0 spiro atoms. The van der Waals surface area contributed by atoms with E-state index in [2.05, 4.69) is 4.98 Å². The average molecular weight is 324 g/mol. The molecule has 1 fully saturated rings. The number of carbonyl (C=O) groups is 1. The van der Waals surface area contributed by atoms with E-state index in [0.29, 0.717) is 6.54 Å². The Balaban J connectivity index is 1.47. The van der Waals surface area contributed by atoms with Crippen molar-refractivity contribution in [2.45, 2.75) is 24.7 Å². The number of nitrogens with zero attached hydrogens (tertiary/aromatic N) is 2. The van der Waals surface area contributed by atoms with Crippen LogP contribution >= 0.6 is 0 Å². The summed E-state index contributed by atoms with van der Waals surface area (Å²) in [5.41, 5.74) is 1.85. The van der Waals surface area contributed by atoms with Gasteiger partial charge in [-0.25, -0.2) is 0 Å². The van der Waals surface area contributed by atoms with Gasteiger partial charge < -0.3 is 14.4 Å². The van der Waals surface area contributed by atoms with Crippen LogP contribution in [0.15, 0.2) is 42.7 Å². The largest absolute Gasteiger partial charge is 0.454 e. The Bertz CT molecular complexity index is 756. The number of aromatic nitrogens is 1. The highest BCUT2D eigenvalue weighted by Crippen LogP contribution is 2.51. The predicted octanol–water partition coefficient (Wildman–Crippen LogP) is 2.54. The highest BCUT2D eigenvalue weighted by atomic mass is 16.7. The Labute approximate surface area is 141 Å². The summed E-state index contributed by atoms with van der Waals surface area (Å²) in [7, 11) is 1.89. The van der Waals surface area contributed by atoms with E-state index in [0.717, 1.165) is 36.3 Å². The van der Waals surface area contributed by atoms with Crippen molar-refractivity contribution in [2.75, 3.05) is 20.4 Å². The van der Waals surface area contributed by atoms with E-state index in [4.69, 9.17) is 9.47 Å². The van der Waals surface area contributed by atoms with Crippen LogP contribution in [0.4, 0.5) is 0 Å². The standard InChI is InChI=1S/C19H20N2O3/c1-21(11-6-14-4-9-20-10-5-14)18(22)19(7-8-19)15-2-3-16-17(12-15)24-13-23-16/h2-5,9-10,12H,6-8,11,13H2,1H3. The number of amides is 1. The molecule has 2 aliphatic rings. The molecule has 1 aromatic heterocycles. The van der Waals surface area contributed by atoms with Gasteiger partial charge in [-0.2, -0.15) is 0 Å². The molecule has 24 heavy (non-hydrogen) atoms. The molecular weight excluding hydrogens is 304 g/mol. The third kappa shape index (κ3) is 2.60. The fraction of sp³-hybridized carbons (Fsp3) is 0.368. The smallest absolute Gasteiger partial charge is 0.232 e. The van der Waals surface area contributed by atoms with Crippen molar-refractivity contribution in [3.63, 3.8) is 0 Å². The molecule has 0 unspecified atom stereocenters. The number of hydrogen-bond donors (Lipinski definition) is 0. The van der Waals surface area contributed by atoms with Crippen LogP contribution in [-0.4, -0.2) is 36.2 Å². The summed E-state index contributed by atoms with van der Waals surface area (Å²) >= 11 is 0. The van der Waals surface area contributed by atoms with Gasteiger partial charge in [-0.3, -0.25) is 9.78 Å². The highest BCUT2D eigenvalue weighted by molar-refractivity contribution is 5.91. The van der Waals surface area contributed by atoms with Gasteiger partial charge in [0.15, 0.2) is 11.5 Å². The number of ether oxygens (including phenoxy) is 2. The number of benzene rings is 1. The Morgan fingerprint density at radius 1 is 1.17 bits per heavy atom. The topological polar surface area (TPSA) is 51.7 Å². The van der Waals surface area contributed by atoms with E-state index in [1.165, 1.54) is 5.56 Å². The second-order valence-corrected chi connectivity index (χ2v) is 6.48. The van der Waals surface area contributed by atoms with Crippen molar-refractivity contribution in [1.82, 2.24) is 9.88 Å². The highest BCUT2D eigenvalue weighted by Gasteiger charge is 2.52. The first-order valence-corrected chi connectivity index (χ1v) is 8.24. The molecule has 4 rings (SSSR count). The van der Waals surface area contributed by atoms with Crippen LogP contribution < -0.4 is 9.47 Å². The van der Waals surface area contributed by atoms with E-state index in [1.807, 2.05) is 42.3 Å². The van der Waals surface area contributed by atoms with Crippen LogP contribution in [0.5, 0.6) is 11.5 Å². The molecule has 2 aromatic rings. The molecule has 0 N–H and O–H groups in total. The summed E-state index contributed by atoms with van der Waals surface area (Å²) in [5.74, 6) is 1.69. The average Bonchev–Trinajstić information content (AvgIpc) is 3.30. The zero-order valence-electron chi connectivity index (χ0n) is 13.7. The van der Waals surface area contributed by atoms with Crippen molar-refractivity contribution in [1.29, 1.82) is 0 Å². The van der Waals surface area contributed by atoms with Gasteiger partial charge in [0.2, 0.25) is 12.7 Å². The van der Waals surface area contributed by atoms with Crippen molar-refractivity contribution in [2.24, 2.45) is 0 Å². The Morgan fingerprint density at radius 3 is 2.67 bits per heavy atom. The molecule has 1 aromatic carbocycles. The molecule has 0 bridgehead atoms. The number of rotatable bonds is 5. The van der Waals surface area contributed by atoms with Gasteiger partial charge in [0.25, 0.3) is 0 Å². The molecular formula is C19H20N2O3. The minimum Gasteiger partial charge on any atom is -0.454 e. The molecule has 124 valence electrons. The Kier molecular flexibility index (Phi) is 3.63. The second-order valence-electron chi connectivity index (χ2n) is 6.48.